The van der Waals surface area contributed by atoms with Crippen LogP contribution in [-0.4, -0.2) is 28.7 Å². The molecule has 0 saturated carbocycles. The largest absolute Gasteiger partial charge is 0.469 e. The Labute approximate surface area is 78.3 Å². The number of aliphatic hydroxyl groups is 1. The predicted molar refractivity (Wildman–Crippen MR) is 51.5 cm³/mol. The first-order valence-corrected chi connectivity index (χ1v) is 4.55. The summed E-state index contributed by atoms with van der Waals surface area (Å²) in [4.78, 5) is 0. The third kappa shape index (κ3) is 2.11. The zero-order chi connectivity index (χ0) is 9.84. The van der Waals surface area contributed by atoms with Gasteiger partial charge in [0.25, 0.3) is 0 Å². The molecular weight excluding hydrogens is 166 g/mol. The van der Waals surface area contributed by atoms with E-state index in [1.807, 2.05) is 31.4 Å². The third-order valence-electron chi connectivity index (χ3n) is 2.05. The van der Waals surface area contributed by atoms with Crippen molar-refractivity contribution in [3.63, 3.8) is 0 Å². The summed E-state index contributed by atoms with van der Waals surface area (Å²) >= 11 is 0. The van der Waals surface area contributed by atoms with Crippen molar-refractivity contribution >= 4 is 5.90 Å². The zero-order valence-corrected chi connectivity index (χ0v) is 8.37. The molecule has 0 atom stereocenters. The molecule has 0 saturated heterocycles. The summed E-state index contributed by atoms with van der Waals surface area (Å²) in [5.41, 5.74) is 0.751. The lowest BCUT2D eigenvalue weighted by atomic mass is 10.3. The van der Waals surface area contributed by atoms with Crippen LogP contribution in [0.1, 0.15) is 25.2 Å². The van der Waals surface area contributed by atoms with Crippen molar-refractivity contribution in [3.8, 4) is 0 Å². The van der Waals surface area contributed by atoms with Crippen LogP contribution in [0, 0.1) is 6.92 Å². The minimum atomic E-state index is 0.293. The molecule has 1 N–H and O–H groups in total. The van der Waals surface area contributed by atoms with Gasteiger partial charge in [0.05, 0.1) is 0 Å². The number of hydrogen-bond donors (Lipinski definition) is 1. The van der Waals surface area contributed by atoms with Crippen LogP contribution in [0.4, 0.5) is 0 Å². The number of hydrogen-bond acceptors (Lipinski definition) is 1. The van der Waals surface area contributed by atoms with Crippen LogP contribution < -0.4 is 0 Å². The van der Waals surface area contributed by atoms with E-state index in [2.05, 4.69) is 0 Å². The summed E-state index contributed by atoms with van der Waals surface area (Å²) < 4.78 is 7.00. The van der Waals surface area contributed by atoms with Gasteiger partial charge in [0.15, 0.2) is 0 Å². The molecule has 3 heteroatoms. The first-order valence-electron chi connectivity index (χ1n) is 4.55. The summed E-state index contributed by atoms with van der Waals surface area (Å²) in [5, 5.41) is 9.78. The Morgan fingerprint density at radius 2 is 2.08 bits per heavy atom. The molecule has 0 radical (unpaired) electrons. The van der Waals surface area contributed by atoms with Gasteiger partial charge in [-0.15, -0.1) is 0 Å². The fraction of sp³-hybridized carbons (Fsp3) is 0.500. The zero-order valence-electron chi connectivity index (χ0n) is 8.37. The van der Waals surface area contributed by atoms with Crippen molar-refractivity contribution in [2.24, 2.45) is 0 Å². The van der Waals surface area contributed by atoms with Crippen LogP contribution in [0.5, 0.6) is 0 Å². The highest BCUT2D eigenvalue weighted by atomic mass is 16.3. The molecule has 0 bridgehead atoms. The molecule has 0 spiro atoms. The van der Waals surface area contributed by atoms with Gasteiger partial charge in [-0.1, -0.05) is 0 Å². The number of nitrogens with zero attached hydrogens (tertiary/aromatic N) is 1. The van der Waals surface area contributed by atoms with Gasteiger partial charge in [0, 0.05) is 0 Å². The van der Waals surface area contributed by atoms with Gasteiger partial charge in [0.2, 0.25) is 0 Å². The number of furan rings is 1. The van der Waals surface area contributed by atoms with Crippen molar-refractivity contribution in [1.29, 1.82) is 0 Å². The number of aryl methyl sites for hydroxylation is 1. The van der Waals surface area contributed by atoms with Crippen molar-refractivity contribution in [2.45, 2.75) is 20.8 Å². The van der Waals surface area contributed by atoms with Gasteiger partial charge < -0.3 is 9.52 Å². The van der Waals surface area contributed by atoms with Gasteiger partial charge in [-0.3, -0.25) is 0 Å². The van der Waals surface area contributed by atoms with E-state index < -0.39 is 0 Å². The summed E-state index contributed by atoms with van der Waals surface area (Å²) in [7, 11) is 0. The van der Waals surface area contributed by atoms with Crippen LogP contribution in [0.25, 0.3) is 0 Å². The first kappa shape index (κ1) is 9.84. The lowest BCUT2D eigenvalue weighted by Gasteiger charge is -1.97. The highest BCUT2D eigenvalue weighted by Gasteiger charge is 2.14. The van der Waals surface area contributed by atoms with Crippen LogP contribution in [0.15, 0.2) is 16.7 Å². The van der Waals surface area contributed by atoms with Crippen LogP contribution >= 0.6 is 0 Å². The fourth-order valence-corrected chi connectivity index (χ4v) is 1.27. The standard InChI is InChI=1S/C10H15NO2/c1-4-11(5-2)10(12)9-6-8(3)13-7-9/h6-7H,4-5H2,1-3H3/p+1. The van der Waals surface area contributed by atoms with Gasteiger partial charge in [-0.2, -0.15) is 4.58 Å². The Morgan fingerprint density at radius 1 is 1.46 bits per heavy atom. The van der Waals surface area contributed by atoms with E-state index in [4.69, 9.17) is 4.42 Å². The molecule has 0 aliphatic rings. The molecule has 0 aliphatic carbocycles. The van der Waals surface area contributed by atoms with Gasteiger partial charge >= 0.3 is 5.90 Å². The second-order valence-corrected chi connectivity index (χ2v) is 2.94. The number of aliphatic hydroxyl groups excluding tert-OH is 1. The van der Waals surface area contributed by atoms with Crippen LogP contribution in [0.3, 0.4) is 0 Å². The fourth-order valence-electron chi connectivity index (χ4n) is 1.27. The maximum Gasteiger partial charge on any atom is 0.370 e. The molecule has 1 aromatic heterocycles. The molecular formula is C10H16NO2+. The van der Waals surface area contributed by atoms with E-state index >= 15 is 0 Å². The Bertz CT molecular complexity index is 306. The Morgan fingerprint density at radius 3 is 2.46 bits per heavy atom. The highest BCUT2D eigenvalue weighted by Crippen LogP contribution is 2.06. The molecule has 1 aromatic rings. The molecule has 0 amide bonds. The van der Waals surface area contributed by atoms with E-state index in [1.165, 1.54) is 0 Å². The minimum absolute atomic E-state index is 0.293. The van der Waals surface area contributed by atoms with Gasteiger partial charge in [0.1, 0.15) is 30.7 Å². The average molecular weight is 182 g/mol. The smallest absolute Gasteiger partial charge is 0.370 e. The van der Waals surface area contributed by atoms with E-state index in [-0.39, 0.29) is 0 Å². The van der Waals surface area contributed by atoms with E-state index in [1.54, 1.807) is 6.26 Å². The molecule has 1 heterocycles. The molecule has 0 unspecified atom stereocenters. The summed E-state index contributed by atoms with van der Waals surface area (Å²) in [6, 6.07) is 1.83. The molecule has 1 rings (SSSR count). The second kappa shape index (κ2) is 4.12. The lowest BCUT2D eigenvalue weighted by molar-refractivity contribution is -0.527. The molecule has 0 aromatic carbocycles. The van der Waals surface area contributed by atoms with Crippen molar-refractivity contribution in [3.05, 3.63) is 23.7 Å². The summed E-state index contributed by atoms with van der Waals surface area (Å²) in [6.45, 7) is 7.47. The quantitative estimate of drug-likeness (QED) is 0.440. The van der Waals surface area contributed by atoms with Crippen molar-refractivity contribution < 1.29 is 14.1 Å². The highest BCUT2D eigenvalue weighted by molar-refractivity contribution is 5.88. The Balaban J connectivity index is 3.00. The third-order valence-corrected chi connectivity index (χ3v) is 2.05. The van der Waals surface area contributed by atoms with E-state index in [0.29, 0.717) is 5.90 Å². The van der Waals surface area contributed by atoms with Gasteiger partial charge in [-0.05, 0) is 26.8 Å². The normalized spacial score (nSPS) is 10.1. The Hall–Kier alpha value is -1.25. The summed E-state index contributed by atoms with van der Waals surface area (Å²) in [6.07, 6.45) is 1.57. The van der Waals surface area contributed by atoms with Crippen LogP contribution in [0.2, 0.25) is 0 Å². The van der Waals surface area contributed by atoms with Crippen molar-refractivity contribution in [1.82, 2.24) is 0 Å². The van der Waals surface area contributed by atoms with Gasteiger partial charge in [-0.25, -0.2) is 0 Å². The van der Waals surface area contributed by atoms with Crippen molar-refractivity contribution in [2.75, 3.05) is 13.1 Å². The minimum Gasteiger partial charge on any atom is -0.469 e. The molecule has 0 fully saturated rings. The SMILES string of the molecule is CC[N+](CC)=C(O)c1coc(C)c1. The average Bonchev–Trinajstić information content (AvgIpc) is 2.54. The van der Waals surface area contributed by atoms with E-state index in [9.17, 15) is 5.11 Å². The molecule has 72 valence electrons. The monoisotopic (exact) mass is 182 g/mol. The Kier molecular flexibility index (Phi) is 3.12. The molecule has 3 nitrogen and oxygen atoms in total. The predicted octanol–water partition coefficient (Wildman–Crippen LogP) is 1.94. The lowest BCUT2D eigenvalue weighted by Crippen LogP contribution is -2.21. The van der Waals surface area contributed by atoms with Crippen LogP contribution in [-0.2, 0) is 0 Å². The molecule has 13 heavy (non-hydrogen) atoms. The topological polar surface area (TPSA) is 36.4 Å². The summed E-state index contributed by atoms with van der Waals surface area (Å²) in [5.74, 6) is 1.11. The molecule has 0 aliphatic heterocycles. The first-order chi connectivity index (χ1) is 6.19. The maximum absolute atomic E-state index is 9.78. The van der Waals surface area contributed by atoms with E-state index in [0.717, 1.165) is 24.4 Å². The maximum atomic E-state index is 9.78. The second-order valence-electron chi connectivity index (χ2n) is 2.94. The number of rotatable bonds is 3.